The van der Waals surface area contributed by atoms with Gasteiger partial charge in [0.25, 0.3) is 0 Å². The van der Waals surface area contributed by atoms with Gasteiger partial charge in [0.1, 0.15) is 0 Å². The molecule has 0 aliphatic rings. The molecule has 1 unspecified atom stereocenters. The second-order valence-electron chi connectivity index (χ2n) is 5.48. The van der Waals surface area contributed by atoms with Gasteiger partial charge in [0.2, 0.25) is 0 Å². The predicted octanol–water partition coefficient (Wildman–Crippen LogP) is 2.75. The van der Waals surface area contributed by atoms with E-state index in [9.17, 15) is 4.79 Å². The van der Waals surface area contributed by atoms with Crippen molar-refractivity contribution >= 4 is 5.97 Å². The second-order valence-corrected chi connectivity index (χ2v) is 5.48. The maximum atomic E-state index is 10.5. The van der Waals surface area contributed by atoms with Crippen LogP contribution in [0.25, 0.3) is 0 Å². The Hall–Kier alpha value is -1.35. The third kappa shape index (κ3) is 4.19. The van der Waals surface area contributed by atoms with Crippen LogP contribution in [0.1, 0.15) is 44.4 Å². The van der Waals surface area contributed by atoms with Gasteiger partial charge in [-0.15, -0.1) is 0 Å². The molecule has 3 nitrogen and oxygen atoms in total. The molecule has 1 rings (SSSR count). The van der Waals surface area contributed by atoms with Crippen LogP contribution in [0.15, 0.2) is 24.3 Å². The van der Waals surface area contributed by atoms with Gasteiger partial charge in [0, 0.05) is 12.5 Å². The fourth-order valence-electron chi connectivity index (χ4n) is 1.64. The van der Waals surface area contributed by atoms with E-state index in [1.165, 1.54) is 0 Å². The number of carbonyl (C=O) groups is 1. The summed E-state index contributed by atoms with van der Waals surface area (Å²) in [6, 6.07) is 7.91. The summed E-state index contributed by atoms with van der Waals surface area (Å²) in [5, 5.41) is 8.60. The molecule has 0 heterocycles. The largest absolute Gasteiger partial charge is 0.481 e. The lowest BCUT2D eigenvalue weighted by Gasteiger charge is -2.27. The van der Waals surface area contributed by atoms with Gasteiger partial charge in [-0.1, -0.05) is 45.0 Å². The Labute approximate surface area is 103 Å². The monoisotopic (exact) mass is 235 g/mol. The molecule has 94 valence electrons. The Morgan fingerprint density at radius 1 is 1.29 bits per heavy atom. The van der Waals surface area contributed by atoms with E-state index in [0.29, 0.717) is 6.42 Å². The standard InChI is InChI=1S/C14H21NO2/c1-14(2,3)13(15)11-7-4-10(5-8-11)6-9-12(16)17/h4-5,7-8,13H,6,9,15H2,1-3H3,(H,16,17). The average Bonchev–Trinajstić information content (AvgIpc) is 2.25. The number of hydrogen-bond acceptors (Lipinski definition) is 2. The summed E-state index contributed by atoms with van der Waals surface area (Å²) in [4.78, 5) is 10.5. The van der Waals surface area contributed by atoms with Crippen molar-refractivity contribution in [1.29, 1.82) is 0 Å². The van der Waals surface area contributed by atoms with Gasteiger partial charge < -0.3 is 10.8 Å². The summed E-state index contributed by atoms with van der Waals surface area (Å²) in [7, 11) is 0. The fraction of sp³-hybridized carbons (Fsp3) is 0.500. The zero-order valence-electron chi connectivity index (χ0n) is 10.7. The number of aryl methyl sites for hydroxylation is 1. The average molecular weight is 235 g/mol. The highest BCUT2D eigenvalue weighted by Crippen LogP contribution is 2.30. The molecule has 0 saturated heterocycles. The lowest BCUT2D eigenvalue weighted by molar-refractivity contribution is -0.136. The molecule has 0 bridgehead atoms. The topological polar surface area (TPSA) is 63.3 Å². The number of rotatable bonds is 4. The van der Waals surface area contributed by atoms with Crippen molar-refractivity contribution in [1.82, 2.24) is 0 Å². The first-order valence-corrected chi connectivity index (χ1v) is 5.87. The Bertz CT molecular complexity index is 376. The highest BCUT2D eigenvalue weighted by Gasteiger charge is 2.21. The summed E-state index contributed by atoms with van der Waals surface area (Å²) >= 11 is 0. The third-order valence-corrected chi connectivity index (χ3v) is 2.90. The van der Waals surface area contributed by atoms with E-state index in [0.717, 1.165) is 11.1 Å². The van der Waals surface area contributed by atoms with E-state index in [-0.39, 0.29) is 17.9 Å². The number of benzene rings is 1. The van der Waals surface area contributed by atoms with Crippen LogP contribution in [0.5, 0.6) is 0 Å². The Kier molecular flexibility index (Phi) is 4.29. The molecule has 0 aromatic heterocycles. The summed E-state index contributed by atoms with van der Waals surface area (Å²) in [5.41, 5.74) is 8.31. The van der Waals surface area contributed by atoms with E-state index < -0.39 is 5.97 Å². The van der Waals surface area contributed by atoms with E-state index in [1.807, 2.05) is 24.3 Å². The number of carboxylic acid groups (broad SMARTS) is 1. The van der Waals surface area contributed by atoms with Crippen molar-refractivity contribution in [3.63, 3.8) is 0 Å². The number of carboxylic acids is 1. The van der Waals surface area contributed by atoms with Crippen molar-refractivity contribution in [3.05, 3.63) is 35.4 Å². The number of aliphatic carboxylic acids is 1. The van der Waals surface area contributed by atoms with Crippen LogP contribution < -0.4 is 5.73 Å². The summed E-state index contributed by atoms with van der Waals surface area (Å²) in [5.74, 6) is -0.763. The van der Waals surface area contributed by atoms with Gasteiger partial charge in [-0.3, -0.25) is 4.79 Å². The zero-order valence-corrected chi connectivity index (χ0v) is 10.7. The van der Waals surface area contributed by atoms with Crippen LogP contribution >= 0.6 is 0 Å². The molecule has 17 heavy (non-hydrogen) atoms. The zero-order chi connectivity index (χ0) is 13.1. The molecule has 3 N–H and O–H groups in total. The minimum Gasteiger partial charge on any atom is -0.481 e. The first-order valence-electron chi connectivity index (χ1n) is 5.87. The molecule has 0 aliphatic carbocycles. The molecule has 0 aliphatic heterocycles. The maximum Gasteiger partial charge on any atom is 0.303 e. The fourth-order valence-corrected chi connectivity index (χ4v) is 1.64. The molecule has 1 atom stereocenters. The minimum absolute atomic E-state index is 0.00368. The molecule has 0 saturated carbocycles. The van der Waals surface area contributed by atoms with Gasteiger partial charge in [0.15, 0.2) is 0 Å². The molecule has 0 fully saturated rings. The molecule has 1 aromatic rings. The van der Waals surface area contributed by atoms with E-state index in [4.69, 9.17) is 10.8 Å². The lowest BCUT2D eigenvalue weighted by Crippen LogP contribution is -2.26. The number of nitrogens with two attached hydrogens (primary N) is 1. The normalized spacial score (nSPS) is 13.4. The predicted molar refractivity (Wildman–Crippen MR) is 68.8 cm³/mol. The van der Waals surface area contributed by atoms with Gasteiger partial charge in [-0.25, -0.2) is 0 Å². The summed E-state index contributed by atoms with van der Waals surface area (Å²) in [6.07, 6.45) is 0.741. The molecule has 1 aromatic carbocycles. The summed E-state index contributed by atoms with van der Waals surface area (Å²) in [6.45, 7) is 6.32. The first kappa shape index (κ1) is 13.7. The third-order valence-electron chi connectivity index (χ3n) is 2.90. The minimum atomic E-state index is -0.763. The summed E-state index contributed by atoms with van der Waals surface area (Å²) < 4.78 is 0. The lowest BCUT2D eigenvalue weighted by atomic mass is 9.83. The van der Waals surface area contributed by atoms with Crippen molar-refractivity contribution < 1.29 is 9.90 Å². The number of hydrogen-bond donors (Lipinski definition) is 2. The van der Waals surface area contributed by atoms with E-state index in [2.05, 4.69) is 20.8 Å². The van der Waals surface area contributed by atoms with Crippen molar-refractivity contribution in [2.45, 2.75) is 39.7 Å². The van der Waals surface area contributed by atoms with Crippen LogP contribution in [-0.2, 0) is 11.2 Å². The molecule has 0 spiro atoms. The molecular formula is C14H21NO2. The highest BCUT2D eigenvalue weighted by atomic mass is 16.4. The molecular weight excluding hydrogens is 214 g/mol. The Morgan fingerprint density at radius 3 is 2.24 bits per heavy atom. The van der Waals surface area contributed by atoms with Crippen molar-refractivity contribution in [3.8, 4) is 0 Å². The maximum absolute atomic E-state index is 10.5. The van der Waals surface area contributed by atoms with Crippen LogP contribution in [-0.4, -0.2) is 11.1 Å². The second kappa shape index (κ2) is 5.32. The van der Waals surface area contributed by atoms with Gasteiger partial charge >= 0.3 is 5.97 Å². The van der Waals surface area contributed by atoms with Crippen molar-refractivity contribution in [2.75, 3.05) is 0 Å². The smallest absolute Gasteiger partial charge is 0.303 e. The SMILES string of the molecule is CC(C)(C)C(N)c1ccc(CCC(=O)O)cc1. The quantitative estimate of drug-likeness (QED) is 0.843. The van der Waals surface area contributed by atoms with Gasteiger partial charge in [0.05, 0.1) is 0 Å². The first-order chi connectivity index (χ1) is 7.80. The molecule has 0 radical (unpaired) electrons. The van der Waals surface area contributed by atoms with Crippen LogP contribution in [0, 0.1) is 5.41 Å². The van der Waals surface area contributed by atoms with E-state index >= 15 is 0 Å². The van der Waals surface area contributed by atoms with Crippen LogP contribution in [0.3, 0.4) is 0 Å². The highest BCUT2D eigenvalue weighted by molar-refractivity contribution is 5.67. The molecule has 0 amide bonds. The Balaban J connectivity index is 2.71. The van der Waals surface area contributed by atoms with Crippen LogP contribution in [0.4, 0.5) is 0 Å². The Morgan fingerprint density at radius 2 is 1.82 bits per heavy atom. The van der Waals surface area contributed by atoms with E-state index in [1.54, 1.807) is 0 Å². The van der Waals surface area contributed by atoms with Crippen LogP contribution in [0.2, 0.25) is 0 Å². The van der Waals surface area contributed by atoms with Gasteiger partial charge in [-0.05, 0) is 23.0 Å². The van der Waals surface area contributed by atoms with Gasteiger partial charge in [-0.2, -0.15) is 0 Å². The van der Waals surface area contributed by atoms with Crippen molar-refractivity contribution in [2.24, 2.45) is 11.1 Å². The molecule has 3 heteroatoms.